The molecule has 1 unspecified atom stereocenters. The van der Waals surface area contributed by atoms with Crippen molar-refractivity contribution in [2.24, 2.45) is 5.73 Å². The Hall–Kier alpha value is -2.33. The van der Waals surface area contributed by atoms with Gasteiger partial charge in [-0.25, -0.2) is 4.68 Å². The maximum absolute atomic E-state index is 6.19. The second kappa shape index (κ2) is 4.50. The minimum absolute atomic E-state index is 0.317. The van der Waals surface area contributed by atoms with Crippen molar-refractivity contribution in [2.75, 3.05) is 0 Å². The zero-order chi connectivity index (χ0) is 12.4. The quantitative estimate of drug-likeness (QED) is 0.764. The highest BCUT2D eigenvalue weighted by Crippen LogP contribution is 2.21. The van der Waals surface area contributed by atoms with E-state index in [9.17, 15) is 0 Å². The molecule has 0 aliphatic heterocycles. The highest BCUT2D eigenvalue weighted by atomic mass is 16.3. The second-order valence-corrected chi connectivity index (χ2v) is 4.00. The second-order valence-electron chi connectivity index (χ2n) is 4.00. The van der Waals surface area contributed by atoms with Gasteiger partial charge in [0.15, 0.2) is 0 Å². The van der Waals surface area contributed by atoms with Gasteiger partial charge in [-0.1, -0.05) is 18.2 Å². The molecule has 4 nitrogen and oxygen atoms in total. The van der Waals surface area contributed by atoms with E-state index in [1.165, 1.54) is 0 Å². The first-order valence-corrected chi connectivity index (χ1v) is 5.74. The van der Waals surface area contributed by atoms with Crippen LogP contribution in [0.2, 0.25) is 0 Å². The van der Waals surface area contributed by atoms with Crippen molar-refractivity contribution in [3.63, 3.8) is 0 Å². The predicted octanol–water partition coefficient (Wildman–Crippen LogP) is 2.51. The van der Waals surface area contributed by atoms with E-state index in [0.717, 1.165) is 17.1 Å². The average Bonchev–Trinajstić information content (AvgIpc) is 3.10. The molecule has 0 amide bonds. The summed E-state index contributed by atoms with van der Waals surface area (Å²) in [4.78, 5) is 0. The lowest BCUT2D eigenvalue weighted by atomic mass is 10.1. The van der Waals surface area contributed by atoms with Crippen molar-refractivity contribution in [3.05, 3.63) is 72.4 Å². The molecule has 3 rings (SSSR count). The number of rotatable bonds is 3. The van der Waals surface area contributed by atoms with Gasteiger partial charge in [0.25, 0.3) is 0 Å². The van der Waals surface area contributed by atoms with Crippen molar-refractivity contribution < 1.29 is 4.42 Å². The number of para-hydroxylation sites is 1. The smallest absolute Gasteiger partial charge is 0.126 e. The summed E-state index contributed by atoms with van der Waals surface area (Å²) in [6.07, 6.45) is 3.36. The normalized spacial score (nSPS) is 12.5. The lowest BCUT2D eigenvalue weighted by Crippen LogP contribution is -2.16. The monoisotopic (exact) mass is 239 g/mol. The first-order chi connectivity index (χ1) is 8.86. The standard InChI is InChI=1S/C14H13N3O/c15-14(13-7-4-10-18-13)12-8-9-16-17(12)11-5-2-1-3-6-11/h1-10,14H,15H2. The molecule has 0 bridgehead atoms. The van der Waals surface area contributed by atoms with Gasteiger partial charge in [-0.3, -0.25) is 0 Å². The van der Waals surface area contributed by atoms with Crippen LogP contribution in [0.5, 0.6) is 0 Å². The molecule has 90 valence electrons. The molecule has 0 aliphatic carbocycles. The summed E-state index contributed by atoms with van der Waals surface area (Å²) in [5, 5.41) is 4.31. The Labute approximate surface area is 105 Å². The van der Waals surface area contributed by atoms with Crippen molar-refractivity contribution >= 4 is 0 Å². The first-order valence-electron chi connectivity index (χ1n) is 5.74. The number of hydrogen-bond donors (Lipinski definition) is 1. The van der Waals surface area contributed by atoms with E-state index in [4.69, 9.17) is 10.2 Å². The summed E-state index contributed by atoms with van der Waals surface area (Å²) in [5.41, 5.74) is 8.07. The van der Waals surface area contributed by atoms with Crippen molar-refractivity contribution in [1.82, 2.24) is 9.78 Å². The SMILES string of the molecule is NC(c1ccco1)c1ccnn1-c1ccccc1. The molecule has 0 fully saturated rings. The van der Waals surface area contributed by atoms with Gasteiger partial charge in [0.2, 0.25) is 0 Å². The molecule has 3 aromatic rings. The Kier molecular flexibility index (Phi) is 2.70. The third-order valence-electron chi connectivity index (χ3n) is 2.84. The van der Waals surface area contributed by atoms with E-state index in [0.29, 0.717) is 0 Å². The van der Waals surface area contributed by atoms with Crippen molar-refractivity contribution in [3.8, 4) is 5.69 Å². The van der Waals surface area contributed by atoms with Gasteiger partial charge in [-0.2, -0.15) is 5.10 Å². The molecule has 4 heteroatoms. The number of hydrogen-bond acceptors (Lipinski definition) is 3. The lowest BCUT2D eigenvalue weighted by Gasteiger charge is -2.12. The van der Waals surface area contributed by atoms with E-state index in [2.05, 4.69) is 5.10 Å². The fraction of sp³-hybridized carbons (Fsp3) is 0.0714. The van der Waals surface area contributed by atoms with Gasteiger partial charge in [0.1, 0.15) is 11.8 Å². The maximum atomic E-state index is 6.19. The molecule has 0 saturated heterocycles. The molecule has 2 N–H and O–H groups in total. The van der Waals surface area contributed by atoms with Crippen LogP contribution in [0.4, 0.5) is 0 Å². The van der Waals surface area contributed by atoms with Crippen LogP contribution in [0.1, 0.15) is 17.5 Å². The topological polar surface area (TPSA) is 57.0 Å². The number of benzene rings is 1. The Morgan fingerprint density at radius 3 is 2.61 bits per heavy atom. The molecule has 1 atom stereocenters. The summed E-state index contributed by atoms with van der Waals surface area (Å²) < 4.78 is 7.17. The van der Waals surface area contributed by atoms with Crippen LogP contribution in [-0.4, -0.2) is 9.78 Å². The van der Waals surface area contributed by atoms with Crippen LogP contribution in [0, 0.1) is 0 Å². The number of aromatic nitrogens is 2. The summed E-state index contributed by atoms with van der Waals surface area (Å²) in [6, 6.07) is 15.2. The molecular formula is C14H13N3O. The molecule has 18 heavy (non-hydrogen) atoms. The van der Waals surface area contributed by atoms with Crippen LogP contribution in [0.3, 0.4) is 0 Å². The van der Waals surface area contributed by atoms with Gasteiger partial charge < -0.3 is 10.2 Å². The molecule has 1 aromatic carbocycles. The fourth-order valence-electron chi connectivity index (χ4n) is 1.95. The van der Waals surface area contributed by atoms with Gasteiger partial charge in [0, 0.05) is 6.20 Å². The van der Waals surface area contributed by atoms with Crippen LogP contribution in [0.15, 0.2) is 65.4 Å². The zero-order valence-corrected chi connectivity index (χ0v) is 9.73. The zero-order valence-electron chi connectivity index (χ0n) is 9.73. The third-order valence-corrected chi connectivity index (χ3v) is 2.84. The highest BCUT2D eigenvalue weighted by molar-refractivity contribution is 5.34. The minimum Gasteiger partial charge on any atom is -0.467 e. The molecule has 0 radical (unpaired) electrons. The van der Waals surface area contributed by atoms with E-state index in [-0.39, 0.29) is 6.04 Å². The minimum atomic E-state index is -0.317. The van der Waals surface area contributed by atoms with Gasteiger partial charge in [-0.15, -0.1) is 0 Å². The van der Waals surface area contributed by atoms with E-state index >= 15 is 0 Å². The highest BCUT2D eigenvalue weighted by Gasteiger charge is 2.16. The number of nitrogens with two attached hydrogens (primary N) is 1. The van der Waals surface area contributed by atoms with Crippen LogP contribution < -0.4 is 5.73 Å². The Balaban J connectivity index is 2.02. The Morgan fingerprint density at radius 2 is 1.89 bits per heavy atom. The van der Waals surface area contributed by atoms with Gasteiger partial charge in [0.05, 0.1) is 17.6 Å². The van der Waals surface area contributed by atoms with Crippen LogP contribution >= 0.6 is 0 Å². The van der Waals surface area contributed by atoms with E-state index in [1.807, 2.05) is 53.2 Å². The van der Waals surface area contributed by atoms with Crippen LogP contribution in [0.25, 0.3) is 5.69 Å². The largest absolute Gasteiger partial charge is 0.467 e. The molecule has 0 saturated carbocycles. The molecule has 2 aromatic heterocycles. The maximum Gasteiger partial charge on any atom is 0.126 e. The first kappa shape index (κ1) is 10.8. The summed E-state index contributed by atoms with van der Waals surface area (Å²) in [7, 11) is 0. The molecular weight excluding hydrogens is 226 g/mol. The number of furan rings is 1. The Morgan fingerprint density at radius 1 is 1.06 bits per heavy atom. The van der Waals surface area contributed by atoms with Gasteiger partial charge in [-0.05, 0) is 30.3 Å². The average molecular weight is 239 g/mol. The molecule has 2 heterocycles. The van der Waals surface area contributed by atoms with Gasteiger partial charge >= 0.3 is 0 Å². The van der Waals surface area contributed by atoms with E-state index in [1.54, 1.807) is 12.5 Å². The van der Waals surface area contributed by atoms with E-state index < -0.39 is 0 Å². The third kappa shape index (κ3) is 1.83. The summed E-state index contributed by atoms with van der Waals surface area (Å²) in [6.45, 7) is 0. The van der Waals surface area contributed by atoms with Crippen molar-refractivity contribution in [1.29, 1.82) is 0 Å². The molecule has 0 aliphatic rings. The Bertz CT molecular complexity index is 614. The predicted molar refractivity (Wildman–Crippen MR) is 68.3 cm³/mol. The van der Waals surface area contributed by atoms with Crippen molar-refractivity contribution in [2.45, 2.75) is 6.04 Å². The fourth-order valence-corrected chi connectivity index (χ4v) is 1.95. The van der Waals surface area contributed by atoms with Crippen LogP contribution in [-0.2, 0) is 0 Å². The summed E-state index contributed by atoms with van der Waals surface area (Å²) in [5.74, 6) is 0.729. The lowest BCUT2D eigenvalue weighted by molar-refractivity contribution is 0.482. The molecule has 0 spiro atoms. The number of nitrogens with zero attached hydrogens (tertiary/aromatic N) is 2. The summed E-state index contributed by atoms with van der Waals surface area (Å²) >= 11 is 0.